The first-order chi connectivity index (χ1) is 8.79. The molecule has 18 heavy (non-hydrogen) atoms. The Morgan fingerprint density at radius 3 is 3.11 bits per heavy atom. The van der Waals surface area contributed by atoms with Crippen LogP contribution in [-0.4, -0.2) is 32.4 Å². The fraction of sp³-hybridized carbons (Fsp3) is 0.429. The monoisotopic (exact) mass is 267 g/mol. The van der Waals surface area contributed by atoms with Crippen molar-refractivity contribution >= 4 is 11.6 Å². The van der Waals surface area contributed by atoms with Crippen LogP contribution in [0.15, 0.2) is 30.9 Å². The van der Waals surface area contributed by atoms with Gasteiger partial charge in [-0.25, -0.2) is 0 Å². The molecule has 1 aliphatic heterocycles. The quantitative estimate of drug-likeness (QED) is 0.832. The molecule has 1 atom stereocenters. The van der Waals surface area contributed by atoms with E-state index in [1.54, 1.807) is 6.08 Å². The van der Waals surface area contributed by atoms with E-state index in [2.05, 4.69) is 11.9 Å². The third kappa shape index (κ3) is 3.73. The molecule has 0 bridgehead atoms. The Bertz CT molecular complexity index is 403. The van der Waals surface area contributed by atoms with Gasteiger partial charge in [-0.3, -0.25) is 0 Å². The Labute approximate surface area is 113 Å². The molecule has 0 spiro atoms. The molecule has 1 saturated heterocycles. The Hall–Kier alpha value is -1.03. The molecule has 0 unspecified atom stereocenters. The lowest BCUT2D eigenvalue weighted by atomic mass is 10.1. The number of benzene rings is 1. The second kappa shape index (κ2) is 6.78. The molecule has 4 heteroatoms. The SMILES string of the molecule is C=CCOc1ccc(C[C@@H]2CNCCO2)cc1Cl. The molecule has 3 nitrogen and oxygen atoms in total. The molecule has 1 aliphatic rings. The summed E-state index contributed by atoms with van der Waals surface area (Å²) in [6, 6.07) is 5.87. The fourth-order valence-corrected chi connectivity index (χ4v) is 2.21. The van der Waals surface area contributed by atoms with Crippen molar-refractivity contribution in [3.05, 3.63) is 41.4 Å². The predicted molar refractivity (Wildman–Crippen MR) is 73.5 cm³/mol. The van der Waals surface area contributed by atoms with E-state index in [1.807, 2.05) is 18.2 Å². The van der Waals surface area contributed by atoms with Crippen LogP contribution in [-0.2, 0) is 11.2 Å². The molecule has 1 aromatic rings. The maximum atomic E-state index is 6.17. The van der Waals surface area contributed by atoms with Crippen molar-refractivity contribution < 1.29 is 9.47 Å². The Kier molecular flexibility index (Phi) is 5.05. The van der Waals surface area contributed by atoms with Crippen LogP contribution in [0, 0.1) is 0 Å². The number of morpholine rings is 1. The fourth-order valence-electron chi connectivity index (χ4n) is 1.95. The first-order valence-corrected chi connectivity index (χ1v) is 6.52. The van der Waals surface area contributed by atoms with Gasteiger partial charge < -0.3 is 14.8 Å². The largest absolute Gasteiger partial charge is 0.488 e. The topological polar surface area (TPSA) is 30.5 Å². The third-order valence-corrected chi connectivity index (χ3v) is 3.12. The molecule has 1 heterocycles. The highest BCUT2D eigenvalue weighted by Gasteiger charge is 2.14. The Morgan fingerprint density at radius 2 is 2.44 bits per heavy atom. The summed E-state index contributed by atoms with van der Waals surface area (Å²) in [7, 11) is 0. The van der Waals surface area contributed by atoms with E-state index in [-0.39, 0.29) is 6.10 Å². The van der Waals surface area contributed by atoms with Gasteiger partial charge in [0.05, 0.1) is 17.7 Å². The molecule has 0 radical (unpaired) electrons. The van der Waals surface area contributed by atoms with E-state index in [1.165, 1.54) is 5.56 Å². The van der Waals surface area contributed by atoms with Crippen LogP contribution in [0.4, 0.5) is 0 Å². The normalized spacial score (nSPS) is 19.5. The van der Waals surface area contributed by atoms with Crippen LogP contribution in [0.2, 0.25) is 5.02 Å². The Balaban J connectivity index is 1.96. The van der Waals surface area contributed by atoms with Gasteiger partial charge in [0, 0.05) is 13.1 Å². The van der Waals surface area contributed by atoms with E-state index in [0.29, 0.717) is 17.4 Å². The molecule has 1 aromatic carbocycles. The van der Waals surface area contributed by atoms with Crippen molar-refractivity contribution in [3.8, 4) is 5.75 Å². The molecule has 0 amide bonds. The summed E-state index contributed by atoms with van der Waals surface area (Å²) in [5, 5.41) is 3.95. The van der Waals surface area contributed by atoms with Crippen molar-refractivity contribution in [2.45, 2.75) is 12.5 Å². The van der Waals surface area contributed by atoms with E-state index < -0.39 is 0 Å². The molecule has 0 aliphatic carbocycles. The molecular formula is C14H18ClNO2. The lowest BCUT2D eigenvalue weighted by Gasteiger charge is -2.23. The summed E-state index contributed by atoms with van der Waals surface area (Å²) in [5.41, 5.74) is 1.17. The molecular weight excluding hydrogens is 250 g/mol. The predicted octanol–water partition coefficient (Wildman–Crippen LogP) is 2.44. The first-order valence-electron chi connectivity index (χ1n) is 6.14. The van der Waals surface area contributed by atoms with Gasteiger partial charge in [0.15, 0.2) is 0 Å². The second-order valence-corrected chi connectivity index (χ2v) is 4.67. The van der Waals surface area contributed by atoms with Crippen molar-refractivity contribution in [2.24, 2.45) is 0 Å². The minimum Gasteiger partial charge on any atom is -0.488 e. The van der Waals surface area contributed by atoms with Crippen LogP contribution in [0.1, 0.15) is 5.56 Å². The number of ether oxygens (including phenoxy) is 2. The maximum absolute atomic E-state index is 6.17. The first kappa shape index (κ1) is 13.4. The lowest BCUT2D eigenvalue weighted by molar-refractivity contribution is 0.0292. The average molecular weight is 268 g/mol. The standard InChI is InChI=1S/C14H18ClNO2/c1-2-6-18-14-4-3-11(9-13(14)15)8-12-10-16-5-7-17-12/h2-4,9,12,16H,1,5-8,10H2/t12-/m1/s1. The summed E-state index contributed by atoms with van der Waals surface area (Å²) < 4.78 is 11.1. The van der Waals surface area contributed by atoms with Gasteiger partial charge in [-0.05, 0) is 24.1 Å². The van der Waals surface area contributed by atoms with Gasteiger partial charge >= 0.3 is 0 Å². The molecule has 1 N–H and O–H groups in total. The summed E-state index contributed by atoms with van der Waals surface area (Å²) in [6.45, 7) is 6.68. The van der Waals surface area contributed by atoms with Crippen molar-refractivity contribution in [1.29, 1.82) is 0 Å². The lowest BCUT2D eigenvalue weighted by Crippen LogP contribution is -2.39. The van der Waals surface area contributed by atoms with E-state index in [4.69, 9.17) is 21.1 Å². The minimum absolute atomic E-state index is 0.231. The Morgan fingerprint density at radius 1 is 1.56 bits per heavy atom. The zero-order valence-corrected chi connectivity index (χ0v) is 11.1. The van der Waals surface area contributed by atoms with E-state index >= 15 is 0 Å². The highest BCUT2D eigenvalue weighted by molar-refractivity contribution is 6.32. The van der Waals surface area contributed by atoms with Crippen LogP contribution in [0.25, 0.3) is 0 Å². The van der Waals surface area contributed by atoms with Gasteiger partial charge in [-0.15, -0.1) is 0 Å². The minimum atomic E-state index is 0.231. The van der Waals surface area contributed by atoms with Gasteiger partial charge in [0.1, 0.15) is 12.4 Å². The third-order valence-electron chi connectivity index (χ3n) is 2.82. The summed E-state index contributed by atoms with van der Waals surface area (Å²) in [6.07, 6.45) is 2.80. The molecule has 0 aromatic heterocycles. The molecule has 98 valence electrons. The van der Waals surface area contributed by atoms with Crippen molar-refractivity contribution in [3.63, 3.8) is 0 Å². The molecule has 1 fully saturated rings. The van der Waals surface area contributed by atoms with Crippen LogP contribution < -0.4 is 10.1 Å². The highest BCUT2D eigenvalue weighted by Crippen LogP contribution is 2.26. The average Bonchev–Trinajstić information content (AvgIpc) is 2.39. The van der Waals surface area contributed by atoms with Crippen molar-refractivity contribution in [2.75, 3.05) is 26.3 Å². The number of halogens is 1. The summed E-state index contributed by atoms with van der Waals surface area (Å²) >= 11 is 6.17. The van der Waals surface area contributed by atoms with Gasteiger partial charge in [0.2, 0.25) is 0 Å². The van der Waals surface area contributed by atoms with Gasteiger partial charge in [-0.2, -0.15) is 0 Å². The smallest absolute Gasteiger partial charge is 0.138 e. The van der Waals surface area contributed by atoms with Crippen LogP contribution in [0.3, 0.4) is 0 Å². The van der Waals surface area contributed by atoms with Crippen molar-refractivity contribution in [1.82, 2.24) is 5.32 Å². The van der Waals surface area contributed by atoms with Crippen LogP contribution >= 0.6 is 11.6 Å². The summed E-state index contributed by atoms with van der Waals surface area (Å²) in [5.74, 6) is 0.697. The van der Waals surface area contributed by atoms with Gasteiger partial charge in [0.25, 0.3) is 0 Å². The number of hydrogen-bond donors (Lipinski definition) is 1. The highest BCUT2D eigenvalue weighted by atomic mass is 35.5. The van der Waals surface area contributed by atoms with E-state index in [9.17, 15) is 0 Å². The molecule has 2 rings (SSSR count). The van der Waals surface area contributed by atoms with E-state index in [0.717, 1.165) is 26.1 Å². The number of hydrogen-bond acceptors (Lipinski definition) is 3. The van der Waals surface area contributed by atoms with Gasteiger partial charge in [-0.1, -0.05) is 30.3 Å². The summed E-state index contributed by atoms with van der Waals surface area (Å²) in [4.78, 5) is 0. The second-order valence-electron chi connectivity index (χ2n) is 4.27. The zero-order valence-electron chi connectivity index (χ0n) is 10.3. The molecule has 0 saturated carbocycles. The zero-order chi connectivity index (χ0) is 12.8. The number of nitrogens with one attached hydrogen (secondary N) is 1. The number of rotatable bonds is 5. The van der Waals surface area contributed by atoms with Crippen LogP contribution in [0.5, 0.6) is 5.75 Å². The maximum Gasteiger partial charge on any atom is 0.138 e.